The summed E-state index contributed by atoms with van der Waals surface area (Å²) in [6.45, 7) is 9.66. The van der Waals surface area contributed by atoms with Crippen LogP contribution in [0.3, 0.4) is 0 Å². The second-order valence-corrected chi connectivity index (χ2v) is 5.31. The molecular weight excluding hydrogens is 194 g/mol. The number of hydrogen-bond acceptors (Lipinski definition) is 1. The lowest BCUT2D eigenvalue weighted by atomic mass is 9.97. The van der Waals surface area contributed by atoms with Crippen LogP contribution in [0.2, 0.25) is 5.02 Å². The fourth-order valence-electron chi connectivity index (χ4n) is 1.15. The zero-order chi connectivity index (χ0) is 10.8. The predicted octanol–water partition coefficient (Wildman–Crippen LogP) is 4.11. The normalized spacial score (nSPS) is 11.5. The molecule has 0 saturated carbocycles. The van der Waals surface area contributed by atoms with E-state index in [1.807, 2.05) is 18.2 Å². The first-order valence-corrected chi connectivity index (χ1v) is 5.26. The Kier molecular flexibility index (Phi) is 3.43. The molecule has 0 amide bonds. The minimum absolute atomic E-state index is 0.286. The van der Waals surface area contributed by atoms with E-state index in [0.29, 0.717) is 0 Å². The van der Waals surface area contributed by atoms with E-state index in [1.165, 1.54) is 5.56 Å². The highest BCUT2D eigenvalue weighted by Crippen LogP contribution is 2.22. The van der Waals surface area contributed by atoms with Gasteiger partial charge in [-0.3, -0.25) is 0 Å². The van der Waals surface area contributed by atoms with Gasteiger partial charge in [0.1, 0.15) is 0 Å². The quantitative estimate of drug-likeness (QED) is 0.777. The molecule has 78 valence electrons. The average Bonchev–Trinajstić information content (AvgIpc) is 2.05. The van der Waals surface area contributed by atoms with Crippen LogP contribution in [0.1, 0.15) is 26.3 Å². The van der Waals surface area contributed by atoms with Gasteiger partial charge in [-0.2, -0.15) is 0 Å². The van der Waals surface area contributed by atoms with E-state index in [2.05, 4.69) is 33.0 Å². The molecule has 1 aromatic rings. The fraction of sp³-hybridized carbons (Fsp3) is 0.500. The maximum absolute atomic E-state index is 5.93. The van der Waals surface area contributed by atoms with E-state index < -0.39 is 0 Å². The second-order valence-electron chi connectivity index (χ2n) is 4.87. The fourth-order valence-corrected chi connectivity index (χ4v) is 1.32. The number of halogens is 1. The highest BCUT2D eigenvalue weighted by Gasteiger charge is 2.10. The third-order valence-electron chi connectivity index (χ3n) is 2.01. The first kappa shape index (κ1) is 11.4. The Morgan fingerprint density at radius 3 is 2.50 bits per heavy atom. The average molecular weight is 212 g/mol. The van der Waals surface area contributed by atoms with Gasteiger partial charge in [0.2, 0.25) is 0 Å². The number of hydrogen-bond donors (Lipinski definition) is 1. The van der Waals surface area contributed by atoms with Gasteiger partial charge in [0.15, 0.2) is 0 Å². The molecule has 0 aliphatic rings. The number of anilines is 1. The summed E-state index contributed by atoms with van der Waals surface area (Å²) in [5.41, 5.74) is 2.65. The molecule has 2 heteroatoms. The van der Waals surface area contributed by atoms with Gasteiger partial charge < -0.3 is 5.32 Å². The second kappa shape index (κ2) is 4.22. The van der Waals surface area contributed by atoms with Crippen molar-refractivity contribution in [2.75, 3.05) is 11.9 Å². The number of benzene rings is 1. The Balaban J connectivity index is 2.72. The predicted molar refractivity (Wildman–Crippen MR) is 64.1 cm³/mol. The number of nitrogens with one attached hydrogen (secondary N) is 1. The molecule has 0 unspecified atom stereocenters. The van der Waals surface area contributed by atoms with E-state index >= 15 is 0 Å². The molecule has 0 aliphatic carbocycles. The van der Waals surface area contributed by atoms with Crippen LogP contribution in [0.15, 0.2) is 18.2 Å². The van der Waals surface area contributed by atoms with Crippen molar-refractivity contribution in [3.05, 3.63) is 28.8 Å². The summed E-state index contributed by atoms with van der Waals surface area (Å²) in [6.07, 6.45) is 0. The molecule has 1 rings (SSSR count). The van der Waals surface area contributed by atoms with Gasteiger partial charge in [0.05, 0.1) is 0 Å². The van der Waals surface area contributed by atoms with Crippen molar-refractivity contribution >= 4 is 17.3 Å². The van der Waals surface area contributed by atoms with Crippen molar-refractivity contribution in [3.63, 3.8) is 0 Å². The summed E-state index contributed by atoms with van der Waals surface area (Å²) in [7, 11) is 0. The Morgan fingerprint density at radius 1 is 1.29 bits per heavy atom. The minimum Gasteiger partial charge on any atom is -0.384 e. The van der Waals surface area contributed by atoms with E-state index in [1.54, 1.807) is 0 Å². The molecule has 0 aliphatic heterocycles. The topological polar surface area (TPSA) is 12.0 Å². The van der Waals surface area contributed by atoms with Crippen LogP contribution in [0, 0.1) is 12.3 Å². The highest BCUT2D eigenvalue weighted by atomic mass is 35.5. The summed E-state index contributed by atoms with van der Waals surface area (Å²) in [5, 5.41) is 4.19. The van der Waals surface area contributed by atoms with Crippen LogP contribution >= 0.6 is 11.6 Å². The van der Waals surface area contributed by atoms with Gasteiger partial charge >= 0.3 is 0 Å². The Labute approximate surface area is 91.5 Å². The summed E-state index contributed by atoms with van der Waals surface area (Å²) in [5.74, 6) is 0. The molecule has 0 spiro atoms. The Bertz CT molecular complexity index is 313. The molecule has 0 bridgehead atoms. The maximum atomic E-state index is 5.93. The zero-order valence-corrected chi connectivity index (χ0v) is 10.1. The Hall–Kier alpha value is -0.690. The lowest BCUT2D eigenvalue weighted by Gasteiger charge is -2.20. The summed E-state index contributed by atoms with van der Waals surface area (Å²) in [4.78, 5) is 0. The van der Waals surface area contributed by atoms with Crippen molar-refractivity contribution in [3.8, 4) is 0 Å². The third-order valence-corrected chi connectivity index (χ3v) is 2.24. The molecule has 0 heterocycles. The Morgan fingerprint density at radius 2 is 1.93 bits per heavy atom. The van der Waals surface area contributed by atoms with Crippen molar-refractivity contribution in [1.29, 1.82) is 0 Å². The summed E-state index contributed by atoms with van der Waals surface area (Å²) >= 11 is 5.93. The molecule has 1 aromatic carbocycles. The van der Waals surface area contributed by atoms with Crippen molar-refractivity contribution in [2.45, 2.75) is 27.7 Å². The van der Waals surface area contributed by atoms with Gasteiger partial charge in [-0.15, -0.1) is 0 Å². The molecular formula is C12H18ClN. The minimum atomic E-state index is 0.286. The molecule has 0 atom stereocenters. The van der Waals surface area contributed by atoms with Gasteiger partial charge in [0.25, 0.3) is 0 Å². The summed E-state index contributed by atoms with van der Waals surface area (Å²) in [6, 6.07) is 5.93. The molecule has 1 nitrogen and oxygen atoms in total. The zero-order valence-electron chi connectivity index (χ0n) is 9.32. The molecule has 1 N–H and O–H groups in total. The summed E-state index contributed by atoms with van der Waals surface area (Å²) < 4.78 is 0. The monoisotopic (exact) mass is 211 g/mol. The van der Waals surface area contributed by atoms with E-state index in [9.17, 15) is 0 Å². The van der Waals surface area contributed by atoms with E-state index in [0.717, 1.165) is 17.3 Å². The molecule has 0 saturated heterocycles. The number of aryl methyl sites for hydroxylation is 1. The van der Waals surface area contributed by atoms with Crippen molar-refractivity contribution < 1.29 is 0 Å². The highest BCUT2D eigenvalue weighted by molar-refractivity contribution is 6.30. The lowest BCUT2D eigenvalue weighted by molar-refractivity contribution is 0.443. The van der Waals surface area contributed by atoms with Crippen LogP contribution < -0.4 is 5.32 Å². The van der Waals surface area contributed by atoms with Crippen LogP contribution in [-0.4, -0.2) is 6.54 Å². The van der Waals surface area contributed by atoms with Crippen LogP contribution in [0.5, 0.6) is 0 Å². The standard InChI is InChI=1S/C12H18ClN/c1-9-5-6-10(13)7-11(9)14-8-12(2,3)4/h5-7,14H,8H2,1-4H3. The molecule has 0 aromatic heterocycles. The lowest BCUT2D eigenvalue weighted by Crippen LogP contribution is -2.19. The van der Waals surface area contributed by atoms with Gasteiger partial charge in [0, 0.05) is 17.3 Å². The SMILES string of the molecule is Cc1ccc(Cl)cc1NCC(C)(C)C. The third kappa shape index (κ3) is 3.59. The van der Waals surface area contributed by atoms with Crippen LogP contribution in [-0.2, 0) is 0 Å². The largest absolute Gasteiger partial charge is 0.384 e. The molecule has 14 heavy (non-hydrogen) atoms. The van der Waals surface area contributed by atoms with Crippen molar-refractivity contribution in [2.24, 2.45) is 5.41 Å². The smallest absolute Gasteiger partial charge is 0.0426 e. The van der Waals surface area contributed by atoms with E-state index in [-0.39, 0.29) is 5.41 Å². The van der Waals surface area contributed by atoms with Crippen molar-refractivity contribution in [1.82, 2.24) is 0 Å². The molecule has 0 fully saturated rings. The molecule has 0 radical (unpaired) electrons. The van der Waals surface area contributed by atoms with E-state index in [4.69, 9.17) is 11.6 Å². The van der Waals surface area contributed by atoms with Gasteiger partial charge in [-0.05, 0) is 30.0 Å². The van der Waals surface area contributed by atoms with Crippen LogP contribution in [0.25, 0.3) is 0 Å². The first-order chi connectivity index (χ1) is 6.38. The first-order valence-electron chi connectivity index (χ1n) is 4.88. The maximum Gasteiger partial charge on any atom is 0.0426 e. The van der Waals surface area contributed by atoms with Gasteiger partial charge in [-0.25, -0.2) is 0 Å². The van der Waals surface area contributed by atoms with Crippen LogP contribution in [0.4, 0.5) is 5.69 Å². The van der Waals surface area contributed by atoms with Gasteiger partial charge in [-0.1, -0.05) is 38.4 Å². The number of rotatable bonds is 2.